The highest BCUT2D eigenvalue weighted by atomic mass is 16.2. The van der Waals surface area contributed by atoms with Crippen molar-refractivity contribution in [3.8, 4) is 0 Å². The second kappa shape index (κ2) is 5.67. The number of carbonyl (C=O) groups excluding carboxylic acids is 1. The lowest BCUT2D eigenvalue weighted by atomic mass is 10.1. The van der Waals surface area contributed by atoms with Crippen molar-refractivity contribution in [3.05, 3.63) is 0 Å². The predicted molar refractivity (Wildman–Crippen MR) is 65.3 cm³/mol. The number of hydrogen-bond donors (Lipinski definition) is 2. The molecular formula is C13H24N2O. The molecule has 0 aromatic carbocycles. The molecule has 16 heavy (non-hydrogen) atoms. The summed E-state index contributed by atoms with van der Waals surface area (Å²) in [6.45, 7) is 1.99. The van der Waals surface area contributed by atoms with Gasteiger partial charge in [0.15, 0.2) is 0 Å². The zero-order valence-electron chi connectivity index (χ0n) is 10.3. The maximum atomic E-state index is 11.8. The lowest BCUT2D eigenvalue weighted by Gasteiger charge is -2.21. The summed E-state index contributed by atoms with van der Waals surface area (Å²) in [7, 11) is 0. The molecule has 0 aliphatic heterocycles. The third-order valence-electron chi connectivity index (χ3n) is 3.66. The third-order valence-corrected chi connectivity index (χ3v) is 3.66. The van der Waals surface area contributed by atoms with Crippen molar-refractivity contribution in [1.82, 2.24) is 10.6 Å². The van der Waals surface area contributed by atoms with Gasteiger partial charge in [0.25, 0.3) is 0 Å². The minimum absolute atomic E-state index is 0.0244. The van der Waals surface area contributed by atoms with Crippen LogP contribution in [0.15, 0.2) is 0 Å². The van der Waals surface area contributed by atoms with Crippen LogP contribution < -0.4 is 10.6 Å². The highest BCUT2D eigenvalue weighted by molar-refractivity contribution is 5.81. The molecule has 0 bridgehead atoms. The summed E-state index contributed by atoms with van der Waals surface area (Å²) in [6.07, 6.45) is 10.2. The molecule has 92 valence electrons. The van der Waals surface area contributed by atoms with Gasteiger partial charge in [-0.1, -0.05) is 25.7 Å². The number of rotatable bonds is 4. The molecule has 3 nitrogen and oxygen atoms in total. The van der Waals surface area contributed by atoms with E-state index in [4.69, 9.17) is 0 Å². The molecule has 3 heteroatoms. The Hall–Kier alpha value is -0.570. The van der Waals surface area contributed by atoms with Gasteiger partial charge in [0.2, 0.25) is 5.91 Å². The molecule has 2 saturated carbocycles. The van der Waals surface area contributed by atoms with Crippen LogP contribution in [0.2, 0.25) is 0 Å². The molecule has 2 N–H and O–H groups in total. The van der Waals surface area contributed by atoms with Crippen LogP contribution in [0.4, 0.5) is 0 Å². The molecule has 0 saturated heterocycles. The first-order valence-electron chi connectivity index (χ1n) is 6.82. The molecule has 2 rings (SSSR count). The topological polar surface area (TPSA) is 41.1 Å². The number of carbonyl (C=O) groups is 1. The Morgan fingerprint density at radius 3 is 2.19 bits per heavy atom. The fourth-order valence-corrected chi connectivity index (χ4v) is 2.43. The van der Waals surface area contributed by atoms with E-state index in [2.05, 4.69) is 10.6 Å². The number of hydrogen-bond acceptors (Lipinski definition) is 2. The second-order valence-electron chi connectivity index (χ2n) is 5.36. The highest BCUT2D eigenvalue weighted by Crippen LogP contribution is 2.19. The van der Waals surface area contributed by atoms with Gasteiger partial charge in [-0.25, -0.2) is 0 Å². The van der Waals surface area contributed by atoms with E-state index in [0.717, 1.165) is 0 Å². The van der Waals surface area contributed by atoms with Gasteiger partial charge in [0, 0.05) is 12.1 Å². The lowest BCUT2D eigenvalue weighted by molar-refractivity contribution is -0.123. The van der Waals surface area contributed by atoms with E-state index >= 15 is 0 Å². The van der Waals surface area contributed by atoms with E-state index in [1.807, 2.05) is 6.92 Å². The Morgan fingerprint density at radius 1 is 1.00 bits per heavy atom. The average Bonchev–Trinajstić information content (AvgIpc) is 3.05. The SMILES string of the molecule is CC(NC1CCCCCC1)C(=O)NC1CC1. The van der Waals surface area contributed by atoms with Crippen molar-refractivity contribution < 1.29 is 4.79 Å². The fourth-order valence-electron chi connectivity index (χ4n) is 2.43. The molecule has 0 aromatic rings. The minimum Gasteiger partial charge on any atom is -0.352 e. The van der Waals surface area contributed by atoms with Gasteiger partial charge in [-0.15, -0.1) is 0 Å². The first-order chi connectivity index (χ1) is 7.75. The lowest BCUT2D eigenvalue weighted by Crippen LogP contribution is -2.47. The van der Waals surface area contributed by atoms with Crippen molar-refractivity contribution in [2.75, 3.05) is 0 Å². The van der Waals surface area contributed by atoms with Gasteiger partial charge in [0.1, 0.15) is 0 Å². The van der Waals surface area contributed by atoms with E-state index < -0.39 is 0 Å². The van der Waals surface area contributed by atoms with Crippen molar-refractivity contribution in [2.24, 2.45) is 0 Å². The Balaban J connectivity index is 1.71. The van der Waals surface area contributed by atoms with Gasteiger partial charge in [0.05, 0.1) is 6.04 Å². The molecular weight excluding hydrogens is 200 g/mol. The minimum atomic E-state index is -0.0244. The van der Waals surface area contributed by atoms with E-state index in [1.54, 1.807) is 0 Å². The average molecular weight is 224 g/mol. The van der Waals surface area contributed by atoms with Gasteiger partial charge < -0.3 is 10.6 Å². The highest BCUT2D eigenvalue weighted by Gasteiger charge is 2.26. The van der Waals surface area contributed by atoms with E-state index in [9.17, 15) is 4.79 Å². The van der Waals surface area contributed by atoms with Gasteiger partial charge in [-0.05, 0) is 32.6 Å². The molecule has 0 radical (unpaired) electrons. The normalized spacial score (nSPS) is 24.8. The van der Waals surface area contributed by atoms with Gasteiger partial charge >= 0.3 is 0 Å². The molecule has 1 unspecified atom stereocenters. The largest absolute Gasteiger partial charge is 0.352 e. The summed E-state index contributed by atoms with van der Waals surface area (Å²) in [5, 5.41) is 6.54. The van der Waals surface area contributed by atoms with Crippen LogP contribution in [0.3, 0.4) is 0 Å². The molecule has 2 fully saturated rings. The van der Waals surface area contributed by atoms with E-state index in [1.165, 1.54) is 51.4 Å². The van der Waals surface area contributed by atoms with Gasteiger partial charge in [-0.3, -0.25) is 4.79 Å². The van der Waals surface area contributed by atoms with Crippen LogP contribution in [0.5, 0.6) is 0 Å². The summed E-state index contributed by atoms with van der Waals surface area (Å²) in [6, 6.07) is 1.01. The summed E-state index contributed by atoms with van der Waals surface area (Å²) in [4.78, 5) is 11.8. The molecule has 0 spiro atoms. The number of amides is 1. The molecule has 0 heterocycles. The van der Waals surface area contributed by atoms with Crippen LogP contribution in [0.1, 0.15) is 58.3 Å². The van der Waals surface area contributed by atoms with Crippen LogP contribution >= 0.6 is 0 Å². The van der Waals surface area contributed by atoms with Crippen LogP contribution in [-0.4, -0.2) is 24.0 Å². The van der Waals surface area contributed by atoms with E-state index in [0.29, 0.717) is 12.1 Å². The first-order valence-corrected chi connectivity index (χ1v) is 6.82. The monoisotopic (exact) mass is 224 g/mol. The van der Waals surface area contributed by atoms with Crippen molar-refractivity contribution in [2.45, 2.75) is 76.4 Å². The summed E-state index contributed by atoms with van der Waals surface area (Å²) in [5.41, 5.74) is 0. The summed E-state index contributed by atoms with van der Waals surface area (Å²) in [5.74, 6) is 0.187. The molecule has 0 aromatic heterocycles. The van der Waals surface area contributed by atoms with Crippen LogP contribution in [0, 0.1) is 0 Å². The predicted octanol–water partition coefficient (Wildman–Crippen LogP) is 1.97. The molecule has 2 aliphatic rings. The van der Waals surface area contributed by atoms with E-state index in [-0.39, 0.29) is 11.9 Å². The van der Waals surface area contributed by atoms with Crippen molar-refractivity contribution in [3.63, 3.8) is 0 Å². The zero-order chi connectivity index (χ0) is 11.4. The fraction of sp³-hybridized carbons (Fsp3) is 0.923. The third kappa shape index (κ3) is 3.78. The number of nitrogens with one attached hydrogen (secondary N) is 2. The standard InChI is InChI=1S/C13H24N2O/c1-10(13(16)15-12-8-9-12)14-11-6-4-2-3-5-7-11/h10-12,14H,2-9H2,1H3,(H,15,16). The molecule has 2 aliphatic carbocycles. The van der Waals surface area contributed by atoms with Crippen LogP contribution in [0.25, 0.3) is 0 Å². The van der Waals surface area contributed by atoms with Gasteiger partial charge in [-0.2, -0.15) is 0 Å². The first kappa shape index (κ1) is 11.9. The molecule has 1 amide bonds. The quantitative estimate of drug-likeness (QED) is 0.717. The zero-order valence-corrected chi connectivity index (χ0v) is 10.3. The van der Waals surface area contributed by atoms with Crippen molar-refractivity contribution in [1.29, 1.82) is 0 Å². The Kier molecular flexibility index (Phi) is 4.22. The molecule has 1 atom stereocenters. The Labute approximate surface area is 98.4 Å². The van der Waals surface area contributed by atoms with Crippen molar-refractivity contribution >= 4 is 5.91 Å². The second-order valence-corrected chi connectivity index (χ2v) is 5.36. The summed E-state index contributed by atoms with van der Waals surface area (Å²) >= 11 is 0. The Bertz CT molecular complexity index is 230. The van der Waals surface area contributed by atoms with Crippen LogP contribution in [-0.2, 0) is 4.79 Å². The Morgan fingerprint density at radius 2 is 1.62 bits per heavy atom. The maximum absolute atomic E-state index is 11.8. The maximum Gasteiger partial charge on any atom is 0.237 e. The summed E-state index contributed by atoms with van der Waals surface area (Å²) < 4.78 is 0. The smallest absolute Gasteiger partial charge is 0.237 e.